The molecule has 4 aromatic heterocycles. The van der Waals surface area contributed by atoms with Crippen LogP contribution in [0.25, 0.3) is 27.9 Å². The standard InChI is InChI=1S/C24H27F4N9O/c1-13-30-17-4-3-16(31-22(17)36(13)9-19(25)26)15-5-8-37-20(15)21(29-2)33-23(34-37)32-18-6-7-35(12-24(18,27)28)14-10-38-11-14/h3-5,8,14,18-19H,6-7,9-12H2,1-2H3,(H2,29,32,33,34)/t18-/m1/s1/i8D. The van der Waals surface area contributed by atoms with Gasteiger partial charge < -0.3 is 14.3 Å². The Balaban J connectivity index is 1.41. The summed E-state index contributed by atoms with van der Waals surface area (Å²) in [6.07, 6.45) is -2.39. The van der Waals surface area contributed by atoms with Gasteiger partial charge in [0.2, 0.25) is 5.62 Å². The van der Waals surface area contributed by atoms with Crippen molar-refractivity contribution in [1.82, 2.24) is 34.0 Å². The molecule has 0 saturated carbocycles. The molecular formula is C24H27F4N9O. The third kappa shape index (κ3) is 4.30. The van der Waals surface area contributed by atoms with Gasteiger partial charge in [-0.1, -0.05) is 0 Å². The number of aryl methyl sites for hydroxylation is 1. The molecule has 2 aliphatic rings. The number of alkyl halides is 4. The zero-order valence-electron chi connectivity index (χ0n) is 21.8. The maximum Gasteiger partial charge on any atom is 0.282 e. The number of likely N-dealkylation sites (tertiary alicyclic amines) is 1. The van der Waals surface area contributed by atoms with Crippen LogP contribution >= 0.6 is 0 Å². The number of halogens is 4. The van der Waals surface area contributed by atoms with Gasteiger partial charge in [-0.25, -0.2) is 32.5 Å². The van der Waals surface area contributed by atoms with Crippen molar-refractivity contribution in [3.05, 3.63) is 41.3 Å². The Morgan fingerprint density at radius 2 is 2.08 bits per heavy atom. The molecule has 2 fully saturated rings. The molecule has 38 heavy (non-hydrogen) atoms. The number of hydrogen-bond acceptors (Lipinski definition) is 6. The fraction of sp³-hybridized carbons (Fsp3) is 0.500. The largest absolute Gasteiger partial charge is 0.378 e. The number of imidazole rings is 1. The summed E-state index contributed by atoms with van der Waals surface area (Å²) >= 11 is 0. The first-order chi connectivity index (χ1) is 18.6. The third-order valence-corrected chi connectivity index (χ3v) is 7.11. The van der Waals surface area contributed by atoms with E-state index in [0.717, 1.165) is 0 Å². The van der Waals surface area contributed by atoms with Crippen molar-refractivity contribution in [3.8, 4) is 11.3 Å². The molecule has 0 radical (unpaired) electrons. The second-order valence-corrected chi connectivity index (χ2v) is 9.59. The van der Waals surface area contributed by atoms with Gasteiger partial charge in [0.1, 0.15) is 22.9 Å². The van der Waals surface area contributed by atoms with E-state index >= 15 is 8.78 Å². The summed E-state index contributed by atoms with van der Waals surface area (Å²) in [5.74, 6) is -2.63. The molecule has 202 valence electrons. The lowest BCUT2D eigenvalue weighted by molar-refractivity contribution is -0.134. The van der Waals surface area contributed by atoms with Gasteiger partial charge in [0, 0.05) is 25.3 Å². The van der Waals surface area contributed by atoms with Crippen molar-refractivity contribution >= 4 is 16.7 Å². The van der Waals surface area contributed by atoms with Gasteiger partial charge in [-0.3, -0.25) is 19.5 Å². The molecule has 0 spiro atoms. The number of aromatic nitrogens is 6. The smallest absolute Gasteiger partial charge is 0.282 e. The highest BCUT2D eigenvalue weighted by Gasteiger charge is 2.47. The number of rotatable bonds is 5. The third-order valence-electron chi connectivity index (χ3n) is 7.11. The van der Waals surface area contributed by atoms with Gasteiger partial charge in [0.25, 0.3) is 12.3 Å². The van der Waals surface area contributed by atoms with Crippen molar-refractivity contribution in [2.75, 3.05) is 33.4 Å². The van der Waals surface area contributed by atoms with Crippen LogP contribution < -0.4 is 11.1 Å². The molecule has 2 N–H and O–H groups in total. The summed E-state index contributed by atoms with van der Waals surface area (Å²) in [4.78, 5) is 22.2. The highest BCUT2D eigenvalue weighted by Crippen LogP contribution is 2.31. The van der Waals surface area contributed by atoms with Crippen molar-refractivity contribution in [1.29, 1.82) is 0 Å². The summed E-state index contributed by atoms with van der Waals surface area (Å²) in [5.41, 5.74) is 2.49. The molecule has 0 amide bonds. The van der Waals surface area contributed by atoms with E-state index < -0.39 is 31.5 Å². The molecule has 2 saturated heterocycles. The second kappa shape index (κ2) is 9.34. The van der Waals surface area contributed by atoms with Crippen molar-refractivity contribution in [2.45, 2.75) is 44.3 Å². The Bertz CT molecular complexity index is 1680. The highest BCUT2D eigenvalue weighted by atomic mass is 19.3. The van der Waals surface area contributed by atoms with E-state index in [2.05, 4.69) is 30.0 Å². The van der Waals surface area contributed by atoms with Gasteiger partial charge in [0.05, 0.1) is 39.4 Å². The molecule has 0 unspecified atom stereocenters. The van der Waals surface area contributed by atoms with Gasteiger partial charge in [-0.05, 0) is 31.5 Å². The molecule has 14 heteroatoms. The van der Waals surface area contributed by atoms with Crippen LogP contribution in [0.5, 0.6) is 0 Å². The van der Waals surface area contributed by atoms with Gasteiger partial charge in [-0.2, -0.15) is 0 Å². The topological polar surface area (TPSA) is 104 Å². The van der Waals surface area contributed by atoms with Crippen LogP contribution in [0.1, 0.15) is 13.6 Å². The number of fused-ring (bicyclic) bond motifs is 2. The van der Waals surface area contributed by atoms with Crippen LogP contribution in [-0.4, -0.2) is 91.8 Å². The molecule has 6 rings (SSSR count). The number of ether oxygens (including phenoxy) is 1. The van der Waals surface area contributed by atoms with E-state index in [1.54, 1.807) is 30.0 Å². The fourth-order valence-electron chi connectivity index (χ4n) is 5.06. The Morgan fingerprint density at radius 1 is 1.26 bits per heavy atom. The second-order valence-electron chi connectivity index (χ2n) is 9.59. The van der Waals surface area contributed by atoms with Crippen LogP contribution in [0.15, 0.2) is 34.4 Å². The van der Waals surface area contributed by atoms with Gasteiger partial charge >= 0.3 is 0 Å². The number of H-pyrrole nitrogens is 2. The van der Waals surface area contributed by atoms with Gasteiger partial charge in [-0.15, -0.1) is 0 Å². The van der Waals surface area contributed by atoms with E-state index in [9.17, 15) is 8.78 Å². The molecule has 0 aliphatic carbocycles. The van der Waals surface area contributed by atoms with E-state index in [0.29, 0.717) is 59.0 Å². The maximum atomic E-state index is 15.0. The molecule has 0 bridgehead atoms. The quantitative estimate of drug-likeness (QED) is 0.383. The first-order valence-corrected chi connectivity index (χ1v) is 12.3. The fourth-order valence-corrected chi connectivity index (χ4v) is 5.06. The summed E-state index contributed by atoms with van der Waals surface area (Å²) in [7, 11) is 1.53. The molecule has 2 aliphatic heterocycles. The number of nitrogens with zero attached hydrogens (tertiary/aromatic N) is 7. The Labute approximate surface area is 215 Å². The lowest BCUT2D eigenvalue weighted by Gasteiger charge is -2.43. The van der Waals surface area contributed by atoms with Gasteiger partial charge in [0.15, 0.2) is 11.1 Å². The highest BCUT2D eigenvalue weighted by molar-refractivity contribution is 5.82. The minimum Gasteiger partial charge on any atom is -0.378 e. The van der Waals surface area contributed by atoms with E-state index in [-0.39, 0.29) is 24.3 Å². The van der Waals surface area contributed by atoms with E-state index in [1.165, 1.54) is 16.1 Å². The number of nitrogens with one attached hydrogen (secondary N) is 2. The van der Waals surface area contributed by atoms with Crippen LogP contribution in [0.4, 0.5) is 17.6 Å². The predicted molar refractivity (Wildman–Crippen MR) is 130 cm³/mol. The lowest BCUT2D eigenvalue weighted by Crippen LogP contribution is -2.59. The monoisotopic (exact) mass is 534 g/mol. The molecule has 1 atom stereocenters. The number of aromatic amines is 2. The van der Waals surface area contributed by atoms with E-state index in [1.807, 2.05) is 0 Å². The summed E-state index contributed by atoms with van der Waals surface area (Å²) in [6, 6.07) is 3.68. The number of hydrogen-bond donors (Lipinski definition) is 2. The predicted octanol–water partition coefficient (Wildman–Crippen LogP) is 2.12. The van der Waals surface area contributed by atoms with Crippen molar-refractivity contribution in [2.24, 2.45) is 9.98 Å². The number of piperidine rings is 1. The van der Waals surface area contributed by atoms with Crippen LogP contribution in [0, 0.1) is 6.92 Å². The first-order valence-electron chi connectivity index (χ1n) is 12.8. The minimum absolute atomic E-state index is 0.0149. The van der Waals surface area contributed by atoms with Crippen LogP contribution in [-0.2, 0) is 11.3 Å². The zero-order chi connectivity index (χ0) is 27.5. The first kappa shape index (κ1) is 23.6. The van der Waals surface area contributed by atoms with Crippen LogP contribution in [0.2, 0.25) is 0 Å². The summed E-state index contributed by atoms with van der Waals surface area (Å²) < 4.78 is 72.8. The normalized spacial score (nSPS) is 22.1. The van der Waals surface area contributed by atoms with Crippen molar-refractivity contribution < 1.29 is 23.7 Å². The Morgan fingerprint density at radius 3 is 2.76 bits per heavy atom. The van der Waals surface area contributed by atoms with E-state index in [4.69, 9.17) is 6.11 Å². The summed E-state index contributed by atoms with van der Waals surface area (Å²) in [6.45, 7) is 2.12. The molecular weight excluding hydrogens is 506 g/mol. The van der Waals surface area contributed by atoms with Crippen molar-refractivity contribution in [3.63, 3.8) is 0 Å². The lowest BCUT2D eigenvalue weighted by atomic mass is 9.99. The number of pyridine rings is 1. The SMILES string of the molecule is [2H]c1cc(-c2ccc3nc(C)n(CC(F)F)c3n2)c2c(=NC)[nH]c(=N[C@@H]3CCN(C4COC4)CC3(F)F)[nH]n12. The maximum absolute atomic E-state index is 15.0. The molecule has 6 heterocycles. The summed E-state index contributed by atoms with van der Waals surface area (Å²) in [5, 5.41) is 2.92. The molecule has 4 aromatic rings. The average Bonchev–Trinajstić information content (AvgIpc) is 3.34. The Hall–Kier alpha value is -3.52. The zero-order valence-corrected chi connectivity index (χ0v) is 20.8. The Kier molecular flexibility index (Phi) is 5.80. The molecule has 0 aromatic carbocycles. The van der Waals surface area contributed by atoms with Crippen LogP contribution in [0.3, 0.4) is 0 Å². The molecule has 10 nitrogen and oxygen atoms in total. The minimum atomic E-state index is -3.04. The average molecular weight is 535 g/mol.